The average molecular weight is 357 g/mol. The van der Waals surface area contributed by atoms with Crippen molar-refractivity contribution in [3.63, 3.8) is 0 Å². The first-order chi connectivity index (χ1) is 12.6. The van der Waals surface area contributed by atoms with Gasteiger partial charge in [-0.05, 0) is 50.0 Å². The number of nitrogens with zero attached hydrogens (tertiary/aromatic N) is 2. The average Bonchev–Trinajstić information content (AvgIpc) is 3.47. The van der Waals surface area contributed by atoms with Gasteiger partial charge in [0.25, 0.3) is 0 Å². The molecule has 1 aliphatic carbocycles. The summed E-state index contributed by atoms with van der Waals surface area (Å²) in [6.45, 7) is 3.81. The Labute approximate surface area is 157 Å². The van der Waals surface area contributed by atoms with E-state index in [-0.39, 0.29) is 0 Å². The third-order valence-electron chi connectivity index (χ3n) is 6.57. The van der Waals surface area contributed by atoms with Gasteiger partial charge in [-0.15, -0.1) is 0 Å². The van der Waals surface area contributed by atoms with E-state index in [1.165, 1.54) is 18.4 Å². The van der Waals surface area contributed by atoms with E-state index >= 15 is 0 Å². The van der Waals surface area contributed by atoms with Gasteiger partial charge in [0.2, 0.25) is 5.91 Å². The van der Waals surface area contributed by atoms with Crippen LogP contribution in [0.4, 0.5) is 0 Å². The second-order valence-electron chi connectivity index (χ2n) is 8.69. The van der Waals surface area contributed by atoms with Crippen LogP contribution in [0.25, 0.3) is 0 Å². The highest BCUT2D eigenvalue weighted by molar-refractivity contribution is 5.76. The first kappa shape index (κ1) is 18.0. The molecule has 1 unspecified atom stereocenters. The fraction of sp³-hybridized carbons (Fsp3) is 0.682. The van der Waals surface area contributed by atoms with Gasteiger partial charge in [0.05, 0.1) is 5.60 Å². The molecule has 2 heterocycles. The lowest BCUT2D eigenvalue weighted by molar-refractivity contribution is -0.130. The molecule has 0 spiro atoms. The minimum absolute atomic E-state index is 0.358. The number of amides is 1. The van der Waals surface area contributed by atoms with E-state index in [0.717, 1.165) is 64.2 Å². The summed E-state index contributed by atoms with van der Waals surface area (Å²) in [5, 5.41) is 11.0. The Morgan fingerprint density at radius 2 is 1.73 bits per heavy atom. The molecular weight excluding hydrogens is 324 g/mol. The van der Waals surface area contributed by atoms with E-state index in [2.05, 4.69) is 21.9 Å². The molecule has 1 amide bonds. The van der Waals surface area contributed by atoms with Crippen molar-refractivity contribution in [3.05, 3.63) is 35.9 Å². The van der Waals surface area contributed by atoms with Crippen molar-refractivity contribution in [1.82, 2.24) is 9.80 Å². The van der Waals surface area contributed by atoms with Crippen LogP contribution in [0, 0.1) is 5.92 Å². The summed E-state index contributed by atoms with van der Waals surface area (Å²) in [4.78, 5) is 17.0. The van der Waals surface area contributed by atoms with Gasteiger partial charge in [0.15, 0.2) is 0 Å². The van der Waals surface area contributed by atoms with Crippen LogP contribution >= 0.6 is 0 Å². The van der Waals surface area contributed by atoms with E-state index in [1.54, 1.807) is 0 Å². The molecule has 26 heavy (non-hydrogen) atoms. The summed E-state index contributed by atoms with van der Waals surface area (Å²) >= 11 is 0. The Bertz CT molecular complexity index is 606. The zero-order valence-corrected chi connectivity index (χ0v) is 15.8. The van der Waals surface area contributed by atoms with E-state index in [9.17, 15) is 9.90 Å². The van der Waals surface area contributed by atoms with Gasteiger partial charge >= 0.3 is 0 Å². The molecule has 0 aromatic heterocycles. The monoisotopic (exact) mass is 356 g/mol. The van der Waals surface area contributed by atoms with Crippen molar-refractivity contribution in [2.45, 2.75) is 63.0 Å². The molecule has 4 rings (SSSR count). The predicted molar refractivity (Wildman–Crippen MR) is 103 cm³/mol. The summed E-state index contributed by atoms with van der Waals surface area (Å²) in [7, 11) is 0. The van der Waals surface area contributed by atoms with Crippen LogP contribution in [0.2, 0.25) is 0 Å². The molecule has 4 heteroatoms. The lowest BCUT2D eigenvalue weighted by Crippen LogP contribution is -2.49. The highest BCUT2D eigenvalue weighted by Gasteiger charge is 2.36. The summed E-state index contributed by atoms with van der Waals surface area (Å²) < 4.78 is 0. The van der Waals surface area contributed by atoms with Crippen LogP contribution < -0.4 is 0 Å². The van der Waals surface area contributed by atoms with Crippen molar-refractivity contribution in [2.75, 3.05) is 26.2 Å². The molecule has 1 atom stereocenters. The number of piperidine rings is 1. The molecule has 0 bridgehead atoms. The van der Waals surface area contributed by atoms with Gasteiger partial charge in [-0.1, -0.05) is 30.3 Å². The third-order valence-corrected chi connectivity index (χ3v) is 6.57. The number of rotatable bonds is 5. The molecular formula is C22H32N2O2. The van der Waals surface area contributed by atoms with Gasteiger partial charge < -0.3 is 14.9 Å². The Morgan fingerprint density at radius 1 is 1.00 bits per heavy atom. The van der Waals surface area contributed by atoms with Crippen molar-refractivity contribution >= 4 is 5.91 Å². The zero-order chi connectivity index (χ0) is 18.0. The smallest absolute Gasteiger partial charge is 0.222 e. The molecule has 2 saturated heterocycles. The molecule has 1 aromatic carbocycles. The maximum atomic E-state index is 12.4. The standard InChI is InChI=1S/C22H32N2O2/c25-21-9-8-20(10-13-24(21)17-19-6-7-19)23-14-11-22(26,12-15-23)16-18-4-2-1-3-5-18/h1-5,19-20,26H,6-17H2. The van der Waals surface area contributed by atoms with Crippen LogP contribution in [0.3, 0.4) is 0 Å². The summed E-state index contributed by atoms with van der Waals surface area (Å²) in [5.41, 5.74) is 0.649. The molecule has 0 radical (unpaired) electrons. The van der Waals surface area contributed by atoms with Crippen LogP contribution in [-0.4, -0.2) is 58.6 Å². The number of likely N-dealkylation sites (tertiary alicyclic amines) is 2. The van der Waals surface area contributed by atoms with E-state index in [1.807, 2.05) is 18.2 Å². The normalized spacial score (nSPS) is 27.3. The Balaban J connectivity index is 1.29. The van der Waals surface area contributed by atoms with Crippen molar-refractivity contribution < 1.29 is 9.90 Å². The SMILES string of the molecule is O=C1CCC(N2CCC(O)(Cc3ccccc3)CC2)CCN1CC1CC1. The second kappa shape index (κ2) is 7.69. The lowest BCUT2D eigenvalue weighted by Gasteiger charge is -2.41. The second-order valence-corrected chi connectivity index (χ2v) is 8.69. The van der Waals surface area contributed by atoms with E-state index in [4.69, 9.17) is 0 Å². The van der Waals surface area contributed by atoms with Gasteiger partial charge in [-0.3, -0.25) is 4.79 Å². The van der Waals surface area contributed by atoms with Crippen molar-refractivity contribution in [1.29, 1.82) is 0 Å². The van der Waals surface area contributed by atoms with Crippen LogP contribution in [0.15, 0.2) is 30.3 Å². The molecule has 142 valence electrons. The first-order valence-corrected chi connectivity index (χ1v) is 10.4. The van der Waals surface area contributed by atoms with Gasteiger partial charge in [0.1, 0.15) is 0 Å². The Hall–Kier alpha value is -1.39. The highest BCUT2D eigenvalue weighted by atomic mass is 16.3. The van der Waals surface area contributed by atoms with Gasteiger partial charge in [0, 0.05) is 45.1 Å². The Kier molecular flexibility index (Phi) is 5.32. The van der Waals surface area contributed by atoms with Gasteiger partial charge in [-0.2, -0.15) is 0 Å². The fourth-order valence-electron chi connectivity index (χ4n) is 4.65. The molecule has 2 aliphatic heterocycles. The van der Waals surface area contributed by atoms with E-state index < -0.39 is 5.60 Å². The number of hydrogen-bond donors (Lipinski definition) is 1. The Morgan fingerprint density at radius 3 is 2.42 bits per heavy atom. The summed E-state index contributed by atoms with van der Waals surface area (Å²) in [6, 6.07) is 10.8. The first-order valence-electron chi connectivity index (χ1n) is 10.4. The lowest BCUT2D eigenvalue weighted by atomic mass is 9.84. The largest absolute Gasteiger partial charge is 0.389 e. The maximum Gasteiger partial charge on any atom is 0.222 e. The van der Waals surface area contributed by atoms with Gasteiger partial charge in [-0.25, -0.2) is 0 Å². The van der Waals surface area contributed by atoms with Crippen LogP contribution in [0.5, 0.6) is 0 Å². The molecule has 1 saturated carbocycles. The minimum atomic E-state index is -0.573. The number of hydrogen-bond acceptors (Lipinski definition) is 3. The number of carbonyl (C=O) groups excluding carboxylic acids is 1. The number of aliphatic hydroxyl groups is 1. The minimum Gasteiger partial charge on any atom is -0.389 e. The number of benzene rings is 1. The molecule has 1 aromatic rings. The quantitative estimate of drug-likeness (QED) is 0.882. The molecule has 4 nitrogen and oxygen atoms in total. The van der Waals surface area contributed by atoms with Crippen molar-refractivity contribution in [2.24, 2.45) is 5.92 Å². The maximum absolute atomic E-state index is 12.4. The molecule has 3 fully saturated rings. The van der Waals surface area contributed by atoms with Crippen LogP contribution in [0.1, 0.15) is 50.5 Å². The predicted octanol–water partition coefficient (Wildman–Crippen LogP) is 2.85. The summed E-state index contributed by atoms with van der Waals surface area (Å²) in [5.74, 6) is 1.13. The van der Waals surface area contributed by atoms with Crippen molar-refractivity contribution in [3.8, 4) is 0 Å². The number of carbonyl (C=O) groups is 1. The van der Waals surface area contributed by atoms with Crippen LogP contribution in [-0.2, 0) is 11.2 Å². The summed E-state index contributed by atoms with van der Waals surface area (Å²) in [6.07, 6.45) is 7.80. The zero-order valence-electron chi connectivity index (χ0n) is 15.8. The molecule has 1 N–H and O–H groups in total. The highest BCUT2D eigenvalue weighted by Crippen LogP contribution is 2.32. The fourth-order valence-corrected chi connectivity index (χ4v) is 4.65. The van der Waals surface area contributed by atoms with E-state index in [0.29, 0.717) is 18.4 Å². The molecule has 3 aliphatic rings. The topological polar surface area (TPSA) is 43.8 Å². The third kappa shape index (κ3) is 4.47.